The third-order valence-corrected chi connectivity index (χ3v) is 3.61. The largest absolute Gasteiger partial charge is 0.490 e. The molecule has 0 fully saturated rings. The highest BCUT2D eigenvalue weighted by molar-refractivity contribution is 5.76. The van der Waals surface area contributed by atoms with Gasteiger partial charge in [-0.1, -0.05) is 25.8 Å². The number of nitrogens with zero attached hydrogens (tertiary/aromatic N) is 1. The summed E-state index contributed by atoms with van der Waals surface area (Å²) < 4.78 is 5.66. The number of nitrogen functional groups attached to an aromatic ring is 1. The smallest absolute Gasteiger partial charge is 0.220 e. The minimum Gasteiger partial charge on any atom is -0.490 e. The predicted molar refractivity (Wildman–Crippen MR) is 95.8 cm³/mol. The third-order valence-electron chi connectivity index (χ3n) is 3.61. The van der Waals surface area contributed by atoms with Gasteiger partial charge in [-0.25, -0.2) is 0 Å². The van der Waals surface area contributed by atoms with Crippen LogP contribution in [-0.2, 0) is 11.2 Å². The maximum Gasteiger partial charge on any atom is 0.220 e. The molecule has 1 aromatic rings. The molecule has 5 heteroatoms. The molecular formula is C18H31N3O2. The Bertz CT molecular complexity index is 475. The van der Waals surface area contributed by atoms with Gasteiger partial charge < -0.3 is 20.7 Å². The second-order valence-corrected chi connectivity index (χ2v) is 6.08. The lowest BCUT2D eigenvalue weighted by molar-refractivity contribution is -0.121. The number of unbranched alkanes of at least 4 members (excludes halogenated alkanes) is 2. The van der Waals surface area contributed by atoms with E-state index in [1.807, 2.05) is 32.3 Å². The van der Waals surface area contributed by atoms with Gasteiger partial charge in [0.25, 0.3) is 0 Å². The van der Waals surface area contributed by atoms with Crippen molar-refractivity contribution in [1.29, 1.82) is 0 Å². The van der Waals surface area contributed by atoms with E-state index < -0.39 is 0 Å². The van der Waals surface area contributed by atoms with E-state index in [1.54, 1.807) is 0 Å². The zero-order chi connectivity index (χ0) is 17.1. The van der Waals surface area contributed by atoms with E-state index in [0.717, 1.165) is 37.9 Å². The lowest BCUT2D eigenvalue weighted by Gasteiger charge is -2.13. The average Bonchev–Trinajstić information content (AvgIpc) is 2.51. The Kier molecular flexibility index (Phi) is 9.14. The van der Waals surface area contributed by atoms with Gasteiger partial charge in [-0.3, -0.25) is 4.79 Å². The van der Waals surface area contributed by atoms with Gasteiger partial charge in [-0.15, -0.1) is 0 Å². The van der Waals surface area contributed by atoms with Crippen LogP contribution in [-0.4, -0.2) is 44.6 Å². The van der Waals surface area contributed by atoms with E-state index in [0.29, 0.717) is 30.9 Å². The summed E-state index contributed by atoms with van der Waals surface area (Å²) >= 11 is 0. The van der Waals surface area contributed by atoms with Crippen molar-refractivity contribution in [2.45, 2.75) is 39.0 Å². The van der Waals surface area contributed by atoms with Gasteiger partial charge in [-0.05, 0) is 44.6 Å². The minimum atomic E-state index is 0.103. The van der Waals surface area contributed by atoms with Crippen molar-refractivity contribution < 1.29 is 9.53 Å². The first-order chi connectivity index (χ1) is 11.0. The maximum absolute atomic E-state index is 11.8. The van der Waals surface area contributed by atoms with Crippen molar-refractivity contribution in [3.05, 3.63) is 23.8 Å². The molecule has 0 aliphatic heterocycles. The number of nitrogens with one attached hydrogen (secondary N) is 1. The zero-order valence-corrected chi connectivity index (χ0v) is 14.7. The van der Waals surface area contributed by atoms with Crippen molar-refractivity contribution in [2.24, 2.45) is 0 Å². The first-order valence-electron chi connectivity index (χ1n) is 8.45. The van der Waals surface area contributed by atoms with Crippen LogP contribution >= 0.6 is 0 Å². The molecule has 0 spiro atoms. The quantitative estimate of drug-likeness (QED) is 0.485. The molecule has 0 bridgehead atoms. The molecule has 0 aliphatic carbocycles. The van der Waals surface area contributed by atoms with Crippen molar-refractivity contribution in [1.82, 2.24) is 10.2 Å². The number of aryl methyl sites for hydroxylation is 1. The van der Waals surface area contributed by atoms with Crippen molar-refractivity contribution in [3.8, 4) is 5.75 Å². The van der Waals surface area contributed by atoms with Crippen LogP contribution in [0.1, 0.15) is 38.2 Å². The molecule has 0 saturated heterocycles. The fourth-order valence-electron chi connectivity index (χ4n) is 2.17. The highest BCUT2D eigenvalue weighted by Crippen LogP contribution is 2.23. The molecule has 5 nitrogen and oxygen atoms in total. The number of ether oxygens (including phenoxy) is 1. The molecule has 0 saturated carbocycles. The minimum absolute atomic E-state index is 0.103. The van der Waals surface area contributed by atoms with Crippen LogP contribution in [0.2, 0.25) is 0 Å². The standard InChI is InChI=1S/C18H31N3O2/c1-4-5-6-11-20-18(22)10-8-15-7-9-17(16(19)14-15)23-13-12-21(2)3/h7,9,14H,4-6,8,10-13,19H2,1-3H3,(H,20,22). The highest BCUT2D eigenvalue weighted by atomic mass is 16.5. The molecular weight excluding hydrogens is 290 g/mol. The van der Waals surface area contributed by atoms with E-state index in [-0.39, 0.29) is 5.91 Å². The Morgan fingerprint density at radius 3 is 2.74 bits per heavy atom. The summed E-state index contributed by atoms with van der Waals surface area (Å²) in [6.45, 7) is 4.38. The number of carbonyl (C=O) groups excluding carboxylic acids is 1. The normalized spacial score (nSPS) is 10.8. The Morgan fingerprint density at radius 2 is 2.09 bits per heavy atom. The van der Waals surface area contributed by atoms with Gasteiger partial charge in [0, 0.05) is 19.5 Å². The molecule has 0 unspecified atom stereocenters. The fourth-order valence-corrected chi connectivity index (χ4v) is 2.17. The number of benzene rings is 1. The van der Waals surface area contributed by atoms with E-state index >= 15 is 0 Å². The lowest BCUT2D eigenvalue weighted by atomic mass is 10.1. The fraction of sp³-hybridized carbons (Fsp3) is 0.611. The molecule has 23 heavy (non-hydrogen) atoms. The van der Waals surface area contributed by atoms with Crippen LogP contribution in [0.5, 0.6) is 5.75 Å². The number of carbonyl (C=O) groups is 1. The second kappa shape index (κ2) is 10.9. The highest BCUT2D eigenvalue weighted by Gasteiger charge is 2.05. The number of anilines is 1. The van der Waals surface area contributed by atoms with Crippen molar-refractivity contribution >= 4 is 11.6 Å². The van der Waals surface area contributed by atoms with Crippen LogP contribution in [0.25, 0.3) is 0 Å². The van der Waals surface area contributed by atoms with Gasteiger partial charge in [0.1, 0.15) is 12.4 Å². The second-order valence-electron chi connectivity index (χ2n) is 6.08. The van der Waals surface area contributed by atoms with Crippen molar-refractivity contribution in [3.63, 3.8) is 0 Å². The first kappa shape index (κ1) is 19.3. The summed E-state index contributed by atoms with van der Waals surface area (Å²) in [5, 5.41) is 2.95. The SMILES string of the molecule is CCCCCNC(=O)CCc1ccc(OCCN(C)C)c(N)c1. The van der Waals surface area contributed by atoms with Gasteiger partial charge in [0.05, 0.1) is 5.69 Å². The zero-order valence-electron chi connectivity index (χ0n) is 14.7. The van der Waals surface area contributed by atoms with Gasteiger partial charge in [-0.2, -0.15) is 0 Å². The van der Waals surface area contributed by atoms with Crippen molar-refractivity contribution in [2.75, 3.05) is 39.5 Å². The summed E-state index contributed by atoms with van der Waals surface area (Å²) in [6.07, 6.45) is 4.56. The van der Waals surface area contributed by atoms with Crippen LogP contribution in [0.4, 0.5) is 5.69 Å². The summed E-state index contributed by atoms with van der Waals surface area (Å²) in [7, 11) is 4.01. The number of amides is 1. The van der Waals surface area contributed by atoms with Gasteiger partial charge in [0.15, 0.2) is 0 Å². The molecule has 0 atom stereocenters. The Labute approximate surface area is 140 Å². The number of hydrogen-bond acceptors (Lipinski definition) is 4. The van der Waals surface area contributed by atoms with Crippen LogP contribution < -0.4 is 15.8 Å². The van der Waals surface area contributed by atoms with Crippen LogP contribution in [0.3, 0.4) is 0 Å². The first-order valence-corrected chi connectivity index (χ1v) is 8.45. The molecule has 0 aromatic heterocycles. The molecule has 1 amide bonds. The molecule has 1 aromatic carbocycles. The Hall–Kier alpha value is -1.75. The molecule has 0 aliphatic rings. The third kappa shape index (κ3) is 8.45. The summed E-state index contributed by atoms with van der Waals surface area (Å²) in [5.41, 5.74) is 7.71. The van der Waals surface area contributed by atoms with Crippen LogP contribution in [0, 0.1) is 0 Å². The van der Waals surface area contributed by atoms with Gasteiger partial charge >= 0.3 is 0 Å². The Balaban J connectivity index is 2.34. The number of hydrogen-bond donors (Lipinski definition) is 2. The topological polar surface area (TPSA) is 67.6 Å². The monoisotopic (exact) mass is 321 g/mol. The van der Waals surface area contributed by atoms with E-state index in [9.17, 15) is 4.79 Å². The van der Waals surface area contributed by atoms with Crippen LogP contribution in [0.15, 0.2) is 18.2 Å². The molecule has 1 rings (SSSR count). The molecule has 3 N–H and O–H groups in total. The number of likely N-dealkylation sites (N-methyl/N-ethyl adjacent to an activating group) is 1. The maximum atomic E-state index is 11.8. The lowest BCUT2D eigenvalue weighted by Crippen LogP contribution is -2.24. The van der Waals surface area contributed by atoms with Gasteiger partial charge in [0.2, 0.25) is 5.91 Å². The Morgan fingerprint density at radius 1 is 1.30 bits per heavy atom. The number of rotatable bonds is 11. The predicted octanol–water partition coefficient (Wildman–Crippen LogP) is 2.45. The summed E-state index contributed by atoms with van der Waals surface area (Å²) in [6, 6.07) is 5.76. The summed E-state index contributed by atoms with van der Waals surface area (Å²) in [5.74, 6) is 0.811. The van der Waals surface area contributed by atoms with E-state index in [4.69, 9.17) is 10.5 Å². The van der Waals surface area contributed by atoms with E-state index in [2.05, 4.69) is 17.1 Å². The molecule has 0 heterocycles. The average molecular weight is 321 g/mol. The van der Waals surface area contributed by atoms with E-state index in [1.165, 1.54) is 0 Å². The molecule has 0 radical (unpaired) electrons. The summed E-state index contributed by atoms with van der Waals surface area (Å²) in [4.78, 5) is 13.8. The molecule has 130 valence electrons. The number of nitrogens with two attached hydrogens (primary N) is 1.